The van der Waals surface area contributed by atoms with Crippen molar-refractivity contribution >= 4 is 28.9 Å². The van der Waals surface area contributed by atoms with Crippen molar-refractivity contribution < 1.29 is 14.5 Å². The van der Waals surface area contributed by atoms with Gasteiger partial charge < -0.3 is 10.1 Å². The van der Waals surface area contributed by atoms with Crippen molar-refractivity contribution in [3.63, 3.8) is 0 Å². The van der Waals surface area contributed by atoms with Crippen molar-refractivity contribution in [2.75, 3.05) is 26.0 Å². The van der Waals surface area contributed by atoms with Gasteiger partial charge in [-0.25, -0.2) is 0 Å². The van der Waals surface area contributed by atoms with Gasteiger partial charge in [-0.15, -0.1) is 0 Å². The third-order valence-electron chi connectivity index (χ3n) is 3.81. The number of hydrogen-bond donors (Lipinski definition) is 1. The van der Waals surface area contributed by atoms with E-state index in [2.05, 4.69) is 5.32 Å². The number of aryl methyl sites for hydroxylation is 1. The van der Waals surface area contributed by atoms with Crippen LogP contribution in [0.3, 0.4) is 0 Å². The molecule has 0 saturated carbocycles. The molecule has 0 aliphatic carbocycles. The molecule has 26 heavy (non-hydrogen) atoms. The van der Waals surface area contributed by atoms with E-state index in [0.717, 1.165) is 5.56 Å². The lowest BCUT2D eigenvalue weighted by Crippen LogP contribution is -2.30. The summed E-state index contributed by atoms with van der Waals surface area (Å²) in [6.45, 7) is 2.36. The molecule has 0 bridgehead atoms. The number of carbonyl (C=O) groups excluding carboxylic acids is 1. The van der Waals surface area contributed by atoms with Crippen LogP contribution in [-0.2, 0) is 11.3 Å². The molecular weight excluding hydrogens is 358 g/mol. The first-order chi connectivity index (χ1) is 12.3. The molecule has 8 heteroatoms. The van der Waals surface area contributed by atoms with Gasteiger partial charge in [0.1, 0.15) is 0 Å². The summed E-state index contributed by atoms with van der Waals surface area (Å²) in [6, 6.07) is 10.3. The van der Waals surface area contributed by atoms with Gasteiger partial charge >= 0.3 is 5.69 Å². The Hall–Kier alpha value is -2.64. The predicted molar refractivity (Wildman–Crippen MR) is 101 cm³/mol. The van der Waals surface area contributed by atoms with Crippen molar-refractivity contribution in [2.45, 2.75) is 13.5 Å². The monoisotopic (exact) mass is 377 g/mol. The fourth-order valence-electron chi connectivity index (χ4n) is 2.52. The summed E-state index contributed by atoms with van der Waals surface area (Å²) in [6.07, 6.45) is 0. The van der Waals surface area contributed by atoms with Gasteiger partial charge in [0, 0.05) is 29.4 Å². The van der Waals surface area contributed by atoms with Gasteiger partial charge in [-0.1, -0.05) is 29.8 Å². The third kappa shape index (κ3) is 4.93. The number of nitrogens with one attached hydrogen (secondary N) is 1. The zero-order valence-electron chi connectivity index (χ0n) is 14.8. The lowest BCUT2D eigenvalue weighted by molar-refractivity contribution is -0.385. The number of ether oxygens (including phenoxy) is 1. The van der Waals surface area contributed by atoms with E-state index in [9.17, 15) is 14.9 Å². The van der Waals surface area contributed by atoms with E-state index >= 15 is 0 Å². The fraction of sp³-hybridized carbons (Fsp3) is 0.278. The third-order valence-corrected chi connectivity index (χ3v) is 4.18. The number of likely N-dealkylation sites (N-methyl/N-ethyl adjacent to an activating group) is 1. The summed E-state index contributed by atoms with van der Waals surface area (Å²) >= 11 is 6.13. The summed E-state index contributed by atoms with van der Waals surface area (Å²) < 4.78 is 5.04. The lowest BCUT2D eigenvalue weighted by atomic mass is 10.1. The maximum atomic E-state index is 12.3. The molecule has 0 aromatic heterocycles. The van der Waals surface area contributed by atoms with Gasteiger partial charge in [0.25, 0.3) is 0 Å². The number of nitro groups is 1. The first-order valence-corrected chi connectivity index (χ1v) is 8.24. The number of halogens is 1. The fourth-order valence-corrected chi connectivity index (χ4v) is 2.72. The number of hydrogen-bond acceptors (Lipinski definition) is 5. The highest BCUT2D eigenvalue weighted by Gasteiger charge is 2.18. The summed E-state index contributed by atoms with van der Waals surface area (Å²) in [5, 5.41) is 14.4. The Morgan fingerprint density at radius 1 is 1.35 bits per heavy atom. The van der Waals surface area contributed by atoms with Crippen LogP contribution in [-0.4, -0.2) is 36.4 Å². The second-order valence-electron chi connectivity index (χ2n) is 5.91. The minimum atomic E-state index is -0.519. The molecule has 0 aliphatic heterocycles. The molecular formula is C18H20ClN3O4. The first kappa shape index (κ1) is 19.7. The Morgan fingerprint density at radius 3 is 2.65 bits per heavy atom. The highest BCUT2D eigenvalue weighted by atomic mass is 35.5. The molecule has 138 valence electrons. The molecule has 0 spiro atoms. The summed E-state index contributed by atoms with van der Waals surface area (Å²) in [4.78, 5) is 24.7. The van der Waals surface area contributed by atoms with Crippen LogP contribution in [0.1, 0.15) is 11.1 Å². The molecule has 0 saturated heterocycles. The largest absolute Gasteiger partial charge is 0.490 e. The molecule has 1 amide bonds. The predicted octanol–water partition coefficient (Wildman–Crippen LogP) is 3.64. The highest BCUT2D eigenvalue weighted by Crippen LogP contribution is 2.32. The minimum Gasteiger partial charge on any atom is -0.490 e. The quantitative estimate of drug-likeness (QED) is 0.588. The van der Waals surface area contributed by atoms with Crippen LogP contribution in [0.2, 0.25) is 5.02 Å². The van der Waals surface area contributed by atoms with Crippen LogP contribution < -0.4 is 10.1 Å². The SMILES string of the molecule is COc1cc(NC(=O)CN(C)Cc2ccccc2Cl)c(C)cc1[N+](=O)[O-]. The van der Waals surface area contributed by atoms with Gasteiger partial charge in [0.05, 0.1) is 18.6 Å². The Balaban J connectivity index is 2.05. The van der Waals surface area contributed by atoms with E-state index in [-0.39, 0.29) is 23.9 Å². The zero-order valence-corrected chi connectivity index (χ0v) is 15.5. The van der Waals surface area contributed by atoms with Crippen LogP contribution in [0.15, 0.2) is 36.4 Å². The first-order valence-electron chi connectivity index (χ1n) is 7.86. The molecule has 7 nitrogen and oxygen atoms in total. The molecule has 0 fully saturated rings. The summed E-state index contributed by atoms with van der Waals surface area (Å²) in [7, 11) is 3.16. The van der Waals surface area contributed by atoms with Crippen LogP contribution in [0.25, 0.3) is 0 Å². The Kier molecular flexibility index (Phi) is 6.54. The number of anilines is 1. The average molecular weight is 378 g/mol. The van der Waals surface area contributed by atoms with Crippen LogP contribution in [0.4, 0.5) is 11.4 Å². The van der Waals surface area contributed by atoms with Gasteiger partial charge in [-0.3, -0.25) is 19.8 Å². The van der Waals surface area contributed by atoms with E-state index in [1.807, 2.05) is 30.1 Å². The van der Waals surface area contributed by atoms with E-state index in [4.69, 9.17) is 16.3 Å². The lowest BCUT2D eigenvalue weighted by Gasteiger charge is -2.18. The highest BCUT2D eigenvalue weighted by molar-refractivity contribution is 6.31. The Labute approximate surface area is 156 Å². The van der Waals surface area contributed by atoms with Gasteiger partial charge in [0.15, 0.2) is 5.75 Å². The number of amides is 1. The molecule has 2 rings (SSSR count). The van der Waals surface area contributed by atoms with Gasteiger partial charge in [-0.05, 0) is 31.2 Å². The van der Waals surface area contributed by atoms with Gasteiger partial charge in [-0.2, -0.15) is 0 Å². The Morgan fingerprint density at radius 2 is 2.04 bits per heavy atom. The number of carbonyl (C=O) groups is 1. The Bertz CT molecular complexity index is 826. The van der Waals surface area contributed by atoms with Crippen molar-refractivity contribution in [1.82, 2.24) is 4.90 Å². The van der Waals surface area contributed by atoms with E-state index in [1.165, 1.54) is 19.2 Å². The normalized spacial score (nSPS) is 10.7. The second kappa shape index (κ2) is 8.64. The minimum absolute atomic E-state index is 0.0975. The van der Waals surface area contributed by atoms with Crippen LogP contribution in [0.5, 0.6) is 5.75 Å². The van der Waals surface area contributed by atoms with Gasteiger partial charge in [0.2, 0.25) is 5.91 Å². The van der Waals surface area contributed by atoms with E-state index < -0.39 is 4.92 Å². The van der Waals surface area contributed by atoms with Crippen molar-refractivity contribution in [2.24, 2.45) is 0 Å². The number of nitro benzene ring substituents is 1. The van der Waals surface area contributed by atoms with E-state index in [1.54, 1.807) is 13.0 Å². The number of benzene rings is 2. The smallest absolute Gasteiger partial charge is 0.311 e. The molecule has 2 aromatic carbocycles. The van der Waals surface area contributed by atoms with Crippen molar-refractivity contribution in [3.8, 4) is 5.75 Å². The standard InChI is InChI=1S/C18H20ClN3O4/c1-12-8-16(22(24)25)17(26-3)9-15(12)20-18(23)11-21(2)10-13-6-4-5-7-14(13)19/h4-9H,10-11H2,1-3H3,(H,20,23). The summed E-state index contributed by atoms with van der Waals surface area (Å²) in [5.41, 5.74) is 1.85. The zero-order chi connectivity index (χ0) is 19.3. The number of nitrogens with zero attached hydrogens (tertiary/aromatic N) is 2. The molecule has 0 radical (unpaired) electrons. The summed E-state index contributed by atoms with van der Waals surface area (Å²) in [5.74, 6) is -0.140. The van der Waals surface area contributed by atoms with Crippen LogP contribution >= 0.6 is 11.6 Å². The topological polar surface area (TPSA) is 84.7 Å². The molecule has 0 aliphatic rings. The van der Waals surface area contributed by atoms with E-state index in [0.29, 0.717) is 22.8 Å². The number of rotatable bonds is 7. The van der Waals surface area contributed by atoms with Crippen LogP contribution in [0, 0.1) is 17.0 Å². The van der Waals surface area contributed by atoms with Crippen molar-refractivity contribution in [3.05, 3.63) is 62.7 Å². The molecule has 2 aromatic rings. The molecule has 0 heterocycles. The second-order valence-corrected chi connectivity index (χ2v) is 6.32. The average Bonchev–Trinajstić information content (AvgIpc) is 2.58. The molecule has 0 unspecified atom stereocenters. The molecule has 0 atom stereocenters. The molecule has 1 N–H and O–H groups in total. The maximum absolute atomic E-state index is 12.3. The maximum Gasteiger partial charge on any atom is 0.311 e. The van der Waals surface area contributed by atoms with Crippen molar-refractivity contribution in [1.29, 1.82) is 0 Å². The number of methoxy groups -OCH3 is 1.